The minimum atomic E-state index is -0.639. The number of aryl methyl sites for hydroxylation is 1. The Labute approximate surface area is 274 Å². The summed E-state index contributed by atoms with van der Waals surface area (Å²) < 4.78 is 7.73. The van der Waals surface area contributed by atoms with Crippen molar-refractivity contribution in [1.29, 1.82) is 0 Å². The molecule has 0 aliphatic rings. The van der Waals surface area contributed by atoms with Gasteiger partial charge in [0, 0.05) is 30.1 Å². The van der Waals surface area contributed by atoms with E-state index in [4.69, 9.17) is 4.74 Å². The predicted octanol–water partition coefficient (Wildman–Crippen LogP) is 9.83. The maximum absolute atomic E-state index is 13.3. The van der Waals surface area contributed by atoms with Crippen LogP contribution in [0, 0.1) is 13.8 Å². The molecule has 0 saturated heterocycles. The number of esters is 1. The van der Waals surface area contributed by atoms with Crippen molar-refractivity contribution in [2.24, 2.45) is 0 Å². The molecule has 5 heteroatoms. The number of hydrogen-bond donors (Lipinski definition) is 1. The monoisotopic (exact) mass is 614 g/mol. The highest BCUT2D eigenvalue weighted by atomic mass is 16.6. The van der Waals surface area contributed by atoms with Crippen molar-refractivity contribution in [2.45, 2.75) is 59.7 Å². The second kappa shape index (κ2) is 13.9. The molecule has 1 N–H and O–H groups in total. The van der Waals surface area contributed by atoms with Crippen LogP contribution in [0.3, 0.4) is 0 Å². The SMILES string of the molecule is C=C/C=C(\C(=C)C(=C)/C=C\C(=C)Cn1c(C)c(C)c2cc(C(=O)N[C@@H](C)c3ccc4ccccc4c3)ccc21)C(=O)OC(C)(C)C.[HH]. The van der Waals surface area contributed by atoms with E-state index >= 15 is 0 Å². The van der Waals surface area contributed by atoms with Gasteiger partial charge in [-0.3, -0.25) is 4.79 Å². The van der Waals surface area contributed by atoms with E-state index in [1.165, 1.54) is 11.5 Å². The molecule has 3 aromatic carbocycles. The minimum absolute atomic E-state index is 0. The van der Waals surface area contributed by atoms with Gasteiger partial charge in [-0.2, -0.15) is 0 Å². The summed E-state index contributed by atoms with van der Waals surface area (Å²) >= 11 is 0. The fourth-order valence-electron chi connectivity index (χ4n) is 5.33. The Morgan fingerprint density at radius 3 is 2.35 bits per heavy atom. The molecule has 1 aromatic heterocycles. The van der Waals surface area contributed by atoms with Crippen molar-refractivity contribution in [3.8, 4) is 0 Å². The number of allylic oxidation sites excluding steroid dienone is 6. The van der Waals surface area contributed by atoms with Crippen LogP contribution in [-0.4, -0.2) is 22.0 Å². The summed E-state index contributed by atoms with van der Waals surface area (Å²) in [5.74, 6) is -0.596. The summed E-state index contributed by atoms with van der Waals surface area (Å²) in [5.41, 5.74) is 6.42. The van der Waals surface area contributed by atoms with Gasteiger partial charge in [-0.25, -0.2) is 4.79 Å². The van der Waals surface area contributed by atoms with Crippen molar-refractivity contribution in [3.63, 3.8) is 0 Å². The van der Waals surface area contributed by atoms with E-state index in [0.29, 0.717) is 28.8 Å². The number of benzene rings is 3. The fraction of sp³-hybridized carbons (Fsp3) is 0.220. The molecule has 1 heterocycles. The Hall–Kier alpha value is -5.16. The highest BCUT2D eigenvalue weighted by Crippen LogP contribution is 2.28. The quantitative estimate of drug-likeness (QED) is 0.104. The van der Waals surface area contributed by atoms with Crippen LogP contribution >= 0.6 is 0 Å². The van der Waals surface area contributed by atoms with E-state index in [2.05, 4.69) is 80.4 Å². The highest BCUT2D eigenvalue weighted by Gasteiger charge is 2.22. The van der Waals surface area contributed by atoms with Crippen LogP contribution < -0.4 is 5.32 Å². The summed E-state index contributed by atoms with van der Waals surface area (Å²) in [7, 11) is 0. The number of nitrogens with one attached hydrogen (secondary N) is 1. The van der Waals surface area contributed by atoms with Gasteiger partial charge in [0.15, 0.2) is 0 Å². The lowest BCUT2D eigenvalue weighted by Gasteiger charge is -2.21. The largest absolute Gasteiger partial charge is 0.456 e. The topological polar surface area (TPSA) is 60.3 Å². The Morgan fingerprint density at radius 1 is 0.978 bits per heavy atom. The van der Waals surface area contributed by atoms with Gasteiger partial charge in [-0.1, -0.05) is 80.9 Å². The summed E-state index contributed by atoms with van der Waals surface area (Å²) in [5, 5.41) is 6.51. The average molecular weight is 615 g/mol. The lowest BCUT2D eigenvalue weighted by molar-refractivity contribution is -0.149. The zero-order valence-electron chi connectivity index (χ0n) is 27.9. The molecule has 0 unspecified atom stereocenters. The first-order chi connectivity index (χ1) is 21.7. The third kappa shape index (κ3) is 7.73. The number of carbonyl (C=O) groups excluding carboxylic acids is 2. The zero-order chi connectivity index (χ0) is 33.8. The molecule has 4 aromatic rings. The molecular weight excluding hydrogens is 568 g/mol. The number of hydrogen-bond acceptors (Lipinski definition) is 3. The van der Waals surface area contributed by atoms with Gasteiger partial charge in [0.25, 0.3) is 5.91 Å². The summed E-state index contributed by atoms with van der Waals surface area (Å²) in [6.45, 7) is 28.3. The molecule has 0 saturated carbocycles. The van der Waals surface area contributed by atoms with Crippen LogP contribution in [-0.2, 0) is 16.1 Å². The van der Waals surface area contributed by atoms with Gasteiger partial charge in [0.1, 0.15) is 5.60 Å². The molecule has 0 fully saturated rings. The molecular formula is C41H46N2O3. The standard InChI is InChI=1S/C41H44N2O3.H2/c1-11-14-36(40(45)46-41(8,9)10)28(4)27(3)18-17-26(2)25-43-31(7)29(5)37-24-35(21-22-38(37)43)39(44)42-30(6)33-20-19-32-15-12-13-16-34(32)23-33;/h11-24,30H,1-4,25H2,5-10H3,(H,42,44);1H/b18-17-,36-14+;/t30-;/m0./s1. The molecule has 0 bridgehead atoms. The number of fused-ring (bicyclic) bond motifs is 2. The Morgan fingerprint density at radius 2 is 1.67 bits per heavy atom. The van der Waals surface area contributed by atoms with E-state index in [0.717, 1.165) is 38.7 Å². The van der Waals surface area contributed by atoms with Crippen molar-refractivity contribution in [3.05, 3.63) is 156 Å². The summed E-state index contributed by atoms with van der Waals surface area (Å²) in [4.78, 5) is 26.1. The van der Waals surface area contributed by atoms with Crippen molar-refractivity contribution in [1.82, 2.24) is 9.88 Å². The van der Waals surface area contributed by atoms with Crippen LogP contribution in [0.1, 0.15) is 62.3 Å². The zero-order valence-corrected chi connectivity index (χ0v) is 27.9. The smallest absolute Gasteiger partial charge is 0.339 e. The lowest BCUT2D eigenvalue weighted by Crippen LogP contribution is -2.26. The molecule has 1 amide bonds. The van der Waals surface area contributed by atoms with E-state index in [1.807, 2.05) is 64.1 Å². The summed E-state index contributed by atoms with van der Waals surface area (Å²) in [6, 6.07) is 20.2. The van der Waals surface area contributed by atoms with Crippen LogP contribution in [0.5, 0.6) is 0 Å². The number of amides is 1. The predicted molar refractivity (Wildman–Crippen MR) is 194 cm³/mol. The normalized spacial score (nSPS) is 12.7. The molecule has 0 aliphatic heterocycles. The average Bonchev–Trinajstić information content (AvgIpc) is 3.24. The Balaban J connectivity index is 0.00000600. The lowest BCUT2D eigenvalue weighted by atomic mass is 9.99. The molecule has 0 spiro atoms. The van der Waals surface area contributed by atoms with Gasteiger partial charge >= 0.3 is 5.97 Å². The van der Waals surface area contributed by atoms with Crippen molar-refractivity contribution < 1.29 is 15.8 Å². The number of carbonyl (C=O) groups is 2. The third-order valence-corrected chi connectivity index (χ3v) is 8.02. The molecule has 1 atom stereocenters. The number of ether oxygens (including phenoxy) is 1. The van der Waals surface area contributed by atoms with Crippen LogP contribution in [0.2, 0.25) is 0 Å². The van der Waals surface area contributed by atoms with E-state index in [-0.39, 0.29) is 13.4 Å². The van der Waals surface area contributed by atoms with Gasteiger partial charge in [0.05, 0.1) is 11.6 Å². The molecule has 0 radical (unpaired) electrons. The number of nitrogens with zero attached hydrogens (tertiary/aromatic N) is 1. The highest BCUT2D eigenvalue weighted by molar-refractivity contribution is 5.99. The van der Waals surface area contributed by atoms with Crippen LogP contribution in [0.25, 0.3) is 21.7 Å². The van der Waals surface area contributed by atoms with Crippen LogP contribution in [0.4, 0.5) is 0 Å². The first-order valence-corrected chi connectivity index (χ1v) is 15.4. The minimum Gasteiger partial charge on any atom is -0.456 e. The van der Waals surface area contributed by atoms with E-state index < -0.39 is 11.6 Å². The van der Waals surface area contributed by atoms with Gasteiger partial charge in [-0.05, 0) is 111 Å². The summed E-state index contributed by atoms with van der Waals surface area (Å²) in [6.07, 6.45) is 6.80. The maximum Gasteiger partial charge on any atom is 0.339 e. The number of rotatable bonds is 11. The van der Waals surface area contributed by atoms with Crippen LogP contribution in [0.15, 0.2) is 134 Å². The molecule has 5 nitrogen and oxygen atoms in total. The molecule has 0 aliphatic carbocycles. The van der Waals surface area contributed by atoms with Gasteiger partial charge < -0.3 is 14.6 Å². The van der Waals surface area contributed by atoms with Gasteiger partial charge in [-0.15, -0.1) is 0 Å². The van der Waals surface area contributed by atoms with Crippen molar-refractivity contribution >= 4 is 33.6 Å². The molecule has 4 rings (SSSR count). The van der Waals surface area contributed by atoms with Crippen molar-refractivity contribution in [2.75, 3.05) is 0 Å². The van der Waals surface area contributed by atoms with Gasteiger partial charge in [0.2, 0.25) is 0 Å². The Kier molecular flexibility index (Phi) is 10.2. The second-order valence-electron chi connectivity index (χ2n) is 12.6. The number of aromatic nitrogens is 1. The molecule has 46 heavy (non-hydrogen) atoms. The second-order valence-corrected chi connectivity index (χ2v) is 12.6. The third-order valence-electron chi connectivity index (χ3n) is 8.02. The van der Waals surface area contributed by atoms with E-state index in [9.17, 15) is 9.59 Å². The molecule has 238 valence electrons. The van der Waals surface area contributed by atoms with E-state index in [1.54, 1.807) is 12.2 Å². The Bertz CT molecular complexity index is 1950. The first-order valence-electron chi connectivity index (χ1n) is 15.4. The maximum atomic E-state index is 13.3. The fourth-order valence-corrected chi connectivity index (χ4v) is 5.33. The first kappa shape index (κ1) is 33.7.